The molecule has 0 spiro atoms. The lowest BCUT2D eigenvalue weighted by molar-refractivity contribution is 0.241. The molecule has 0 N–H and O–H groups in total. The van der Waals surface area contributed by atoms with E-state index >= 15 is 0 Å². The van der Waals surface area contributed by atoms with Gasteiger partial charge in [0.1, 0.15) is 0 Å². The van der Waals surface area contributed by atoms with Crippen molar-refractivity contribution in [3.63, 3.8) is 0 Å². The smallest absolute Gasteiger partial charge is 0.0942 e. The van der Waals surface area contributed by atoms with Crippen LogP contribution in [0.3, 0.4) is 0 Å². The molecule has 88 heavy (non-hydrogen) atoms. The molecule has 2 saturated carbocycles. The van der Waals surface area contributed by atoms with Crippen molar-refractivity contribution in [1.82, 2.24) is 0 Å². The van der Waals surface area contributed by atoms with Gasteiger partial charge >= 0.3 is 0 Å². The Bertz CT molecular complexity index is 4580. The Hall–Kier alpha value is -8.41. The number of hydrogen-bond acceptors (Lipinski definition) is 0. The number of hydrogen-bond donors (Lipinski definition) is 0. The SMILES string of the molecule is C=C(/C=C\C=C/C)C1(c2ccccc2)c2cc(-c3ccc4c(c3)C3(C)CCCCC3(C)[Si]4(c3ccccc3)c3ccccc3)ccc2-c2c1c1ccc(-c3ccc4c(c3)C3(C)CCCCC3(C)[Si]4(c3ccccc3)c3ccccc3)cc1c1ccccc21. The van der Waals surface area contributed by atoms with Gasteiger partial charge in [-0.15, -0.1) is 0 Å². The summed E-state index contributed by atoms with van der Waals surface area (Å²) in [6.07, 6.45) is 18.7. The van der Waals surface area contributed by atoms with Crippen molar-refractivity contribution in [2.75, 3.05) is 0 Å². The zero-order valence-electron chi connectivity index (χ0n) is 51.8. The zero-order valence-corrected chi connectivity index (χ0v) is 53.8. The summed E-state index contributed by atoms with van der Waals surface area (Å²) in [6.45, 7) is 18.0. The van der Waals surface area contributed by atoms with E-state index in [1.54, 1.807) is 21.5 Å². The predicted octanol–water partition coefficient (Wildman–Crippen LogP) is 18.5. The van der Waals surface area contributed by atoms with Crippen LogP contribution in [0.2, 0.25) is 10.1 Å². The molecule has 5 unspecified atom stereocenters. The fourth-order valence-electron chi connectivity index (χ4n) is 20.0. The first-order valence-corrected chi connectivity index (χ1v) is 36.7. The Morgan fingerprint density at radius 2 is 0.795 bits per heavy atom. The van der Waals surface area contributed by atoms with Crippen LogP contribution in [0.1, 0.15) is 114 Å². The molecule has 16 rings (SSSR count). The van der Waals surface area contributed by atoms with Gasteiger partial charge in [0.15, 0.2) is 16.1 Å². The molecule has 11 aromatic carbocycles. The lowest BCUT2D eigenvalue weighted by Crippen LogP contribution is -2.72. The molecule has 3 aliphatic carbocycles. The Balaban J connectivity index is 0.917. The van der Waals surface area contributed by atoms with Gasteiger partial charge in [-0.1, -0.05) is 321 Å². The van der Waals surface area contributed by atoms with Crippen molar-refractivity contribution in [2.24, 2.45) is 0 Å². The fraction of sp³-hybridized carbons (Fsp3) is 0.209. The topological polar surface area (TPSA) is 0 Å². The summed E-state index contributed by atoms with van der Waals surface area (Å²) in [5.41, 5.74) is 15.0. The maximum Gasteiger partial charge on any atom is 0.155 e. The molecular weight excluding hydrogens is 1090 g/mol. The van der Waals surface area contributed by atoms with Gasteiger partial charge in [-0.2, -0.15) is 0 Å². The van der Waals surface area contributed by atoms with Crippen LogP contribution in [0.15, 0.2) is 285 Å². The molecule has 5 aliphatic rings. The number of allylic oxidation sites excluding steroid dienone is 5. The summed E-state index contributed by atoms with van der Waals surface area (Å²) in [5, 5.41) is 14.6. The molecule has 2 heteroatoms. The number of benzene rings is 11. The van der Waals surface area contributed by atoms with Crippen molar-refractivity contribution >= 4 is 68.8 Å². The third-order valence-corrected chi connectivity index (χ3v) is 36.4. The van der Waals surface area contributed by atoms with Crippen LogP contribution in [-0.2, 0) is 16.2 Å². The molecular formula is C86H78Si2. The predicted molar refractivity (Wildman–Crippen MR) is 381 cm³/mol. The fourth-order valence-corrected chi connectivity index (χ4v) is 33.9. The van der Waals surface area contributed by atoms with Crippen molar-refractivity contribution < 1.29 is 0 Å². The van der Waals surface area contributed by atoms with Gasteiger partial charge in [0.2, 0.25) is 0 Å². The molecule has 0 aromatic heterocycles. The lowest BCUT2D eigenvalue weighted by atomic mass is 9.64. The summed E-state index contributed by atoms with van der Waals surface area (Å²) in [7, 11) is -5.17. The summed E-state index contributed by atoms with van der Waals surface area (Å²) >= 11 is 0. The average molecular weight is 1170 g/mol. The molecule has 430 valence electrons. The normalized spacial score (nSPS) is 24.4. The molecule has 0 radical (unpaired) electrons. The summed E-state index contributed by atoms with van der Waals surface area (Å²) < 4.78 is 0. The first-order valence-electron chi connectivity index (χ1n) is 32.7. The van der Waals surface area contributed by atoms with Crippen LogP contribution in [-0.4, -0.2) is 16.1 Å². The third-order valence-electron chi connectivity index (χ3n) is 24.2. The van der Waals surface area contributed by atoms with Gasteiger partial charge in [-0.25, -0.2) is 0 Å². The van der Waals surface area contributed by atoms with E-state index in [2.05, 4.69) is 308 Å². The monoisotopic (exact) mass is 1170 g/mol. The van der Waals surface area contributed by atoms with E-state index in [1.807, 2.05) is 0 Å². The second kappa shape index (κ2) is 20.3. The standard InChI is InChI=1S/C86H78Si2/c1-7-8-14-31-60(2)86(65-32-15-9-16-33-65)75-57-62(64-47-51-79-77(59-64)83(4)53-28-30-55-85(83,6)88(79,68-38-21-12-22-39-68)69-40-23-13-24-41-69)45-49-73(75)80-71-43-26-25-42-70(71)74-56-61(44-48-72(74)81(80)86)63-46-50-78-76(58-63)82(3)52-27-29-54-84(82,5)87(78,66-34-17-10-18-35-66)67-36-19-11-20-37-67/h7-26,31-51,56-59H,2,27-30,52-55H2,1,3-6H3/b8-7-,31-14-. The first kappa shape index (κ1) is 54.9. The van der Waals surface area contributed by atoms with E-state index in [4.69, 9.17) is 6.58 Å². The van der Waals surface area contributed by atoms with Crippen molar-refractivity contribution in [3.05, 3.63) is 313 Å². The van der Waals surface area contributed by atoms with Gasteiger partial charge in [0, 0.05) is 0 Å². The van der Waals surface area contributed by atoms with Crippen LogP contribution in [0, 0.1) is 0 Å². The maximum absolute atomic E-state index is 5.21. The molecule has 0 saturated heterocycles. The second-order valence-electron chi connectivity index (χ2n) is 27.6. The van der Waals surface area contributed by atoms with Crippen molar-refractivity contribution in [3.8, 4) is 33.4 Å². The summed E-state index contributed by atoms with van der Waals surface area (Å²) in [6, 6.07) is 98.1. The largest absolute Gasteiger partial charge is 0.155 e. The van der Waals surface area contributed by atoms with E-state index in [-0.39, 0.29) is 20.9 Å². The van der Waals surface area contributed by atoms with Gasteiger partial charge in [0.25, 0.3) is 0 Å². The average Bonchev–Trinajstić information content (AvgIpc) is 1.51. The Labute approximate surface area is 524 Å². The number of rotatable bonds is 10. The number of fused-ring (bicyclic) bond motifs is 14. The van der Waals surface area contributed by atoms with Crippen LogP contribution in [0.5, 0.6) is 0 Å². The molecule has 0 bridgehead atoms. The Kier molecular flexibility index (Phi) is 12.7. The molecule has 11 aromatic rings. The summed E-state index contributed by atoms with van der Waals surface area (Å²) in [5.74, 6) is 0. The highest BCUT2D eigenvalue weighted by Gasteiger charge is 2.70. The molecule has 2 aliphatic heterocycles. The van der Waals surface area contributed by atoms with Gasteiger partial charge in [-0.3, -0.25) is 0 Å². The Morgan fingerprint density at radius 3 is 1.28 bits per heavy atom. The van der Waals surface area contributed by atoms with Gasteiger partial charge in [0.05, 0.1) is 5.41 Å². The second-order valence-corrected chi connectivity index (χ2v) is 36.2. The minimum Gasteiger partial charge on any atom is -0.0942 e. The molecule has 0 nitrogen and oxygen atoms in total. The third kappa shape index (κ3) is 7.08. The molecule has 5 atom stereocenters. The van der Waals surface area contributed by atoms with E-state index in [0.29, 0.717) is 0 Å². The van der Waals surface area contributed by atoms with E-state index in [1.165, 1.54) is 144 Å². The van der Waals surface area contributed by atoms with E-state index < -0.39 is 21.6 Å². The summed E-state index contributed by atoms with van der Waals surface area (Å²) in [4.78, 5) is 0. The quantitative estimate of drug-likeness (QED) is 0.0727. The van der Waals surface area contributed by atoms with Crippen molar-refractivity contribution in [2.45, 2.75) is 112 Å². The van der Waals surface area contributed by atoms with Crippen LogP contribution in [0.4, 0.5) is 0 Å². The highest BCUT2D eigenvalue weighted by atomic mass is 28.3. The van der Waals surface area contributed by atoms with Crippen molar-refractivity contribution in [1.29, 1.82) is 0 Å². The minimum absolute atomic E-state index is 0.00265. The van der Waals surface area contributed by atoms with Gasteiger partial charge < -0.3 is 0 Å². The van der Waals surface area contributed by atoms with E-state index in [0.717, 1.165) is 5.57 Å². The lowest BCUT2D eigenvalue weighted by Gasteiger charge is -2.54. The highest BCUT2D eigenvalue weighted by Crippen LogP contribution is 2.68. The molecule has 0 amide bonds. The maximum atomic E-state index is 5.21. The molecule has 2 fully saturated rings. The van der Waals surface area contributed by atoms with Crippen LogP contribution >= 0.6 is 0 Å². The van der Waals surface area contributed by atoms with E-state index in [9.17, 15) is 0 Å². The zero-order chi connectivity index (χ0) is 59.7. The van der Waals surface area contributed by atoms with Crippen LogP contribution in [0.25, 0.3) is 54.9 Å². The van der Waals surface area contributed by atoms with Crippen LogP contribution < -0.4 is 31.1 Å². The minimum atomic E-state index is -2.60. The highest BCUT2D eigenvalue weighted by molar-refractivity contribution is 7.15. The Morgan fingerprint density at radius 1 is 0.386 bits per heavy atom. The van der Waals surface area contributed by atoms with Gasteiger partial charge in [-0.05, 0) is 185 Å². The first-order chi connectivity index (χ1) is 43.0. The molecule has 2 heterocycles.